The van der Waals surface area contributed by atoms with E-state index in [1.807, 2.05) is 32.0 Å². The molecule has 166 valence electrons. The highest BCUT2D eigenvalue weighted by Gasteiger charge is 2.12. The number of aryl methyl sites for hydroxylation is 2. The highest BCUT2D eigenvalue weighted by molar-refractivity contribution is 7.86. The number of thiocarbonyl (C=S) groups is 1. The molecule has 3 aromatic rings. The number of anilines is 3. The van der Waals surface area contributed by atoms with Crippen LogP contribution in [0.5, 0.6) is 5.75 Å². The van der Waals surface area contributed by atoms with E-state index in [1.54, 1.807) is 49.6 Å². The van der Waals surface area contributed by atoms with Gasteiger partial charge in [-0.2, -0.15) is 0 Å². The number of ether oxygens (including phenoxy) is 1. The van der Waals surface area contributed by atoms with Gasteiger partial charge in [0.2, 0.25) is 0 Å². The van der Waals surface area contributed by atoms with E-state index in [9.17, 15) is 9.00 Å². The van der Waals surface area contributed by atoms with Crippen LogP contribution in [0.2, 0.25) is 0 Å². The van der Waals surface area contributed by atoms with Crippen LogP contribution in [-0.2, 0) is 11.0 Å². The maximum Gasteiger partial charge on any atom is 0.175 e. The number of hydrogen-bond acceptors (Lipinski definition) is 4. The first-order valence-corrected chi connectivity index (χ1v) is 11.5. The number of hydrogen-bond donors (Lipinski definition) is 3. The van der Waals surface area contributed by atoms with Crippen molar-refractivity contribution >= 4 is 51.2 Å². The summed E-state index contributed by atoms with van der Waals surface area (Å²) in [5.41, 5.74) is 4.81. The third kappa shape index (κ3) is 5.93. The van der Waals surface area contributed by atoms with Crippen LogP contribution in [0.3, 0.4) is 0 Å². The molecule has 0 heterocycles. The summed E-state index contributed by atoms with van der Waals surface area (Å²) in [6.07, 6.45) is 0. The van der Waals surface area contributed by atoms with E-state index in [0.717, 1.165) is 22.5 Å². The van der Waals surface area contributed by atoms with Crippen LogP contribution >= 0.6 is 12.2 Å². The Morgan fingerprint density at radius 2 is 1.66 bits per heavy atom. The molecule has 8 heteroatoms. The second kappa shape index (κ2) is 10.4. The summed E-state index contributed by atoms with van der Waals surface area (Å²) < 4.78 is 21.3. The van der Waals surface area contributed by atoms with Gasteiger partial charge in [-0.05, 0) is 86.6 Å². The molecule has 0 spiro atoms. The minimum Gasteiger partial charge on any atom is -0.495 e. The number of ketones is 1. The van der Waals surface area contributed by atoms with Crippen molar-refractivity contribution in [1.29, 1.82) is 0 Å². The zero-order chi connectivity index (χ0) is 23.3. The Balaban J connectivity index is 1.65. The minimum atomic E-state index is -1.46. The summed E-state index contributed by atoms with van der Waals surface area (Å²) in [7, 11) is 0.132. The molecule has 1 atom stereocenters. The van der Waals surface area contributed by atoms with Crippen molar-refractivity contribution in [3.8, 4) is 5.75 Å². The fourth-order valence-corrected chi connectivity index (χ4v) is 4.33. The van der Waals surface area contributed by atoms with E-state index in [2.05, 4.69) is 15.4 Å². The van der Waals surface area contributed by atoms with Crippen molar-refractivity contribution in [2.24, 2.45) is 0 Å². The molecule has 0 saturated carbocycles. The molecule has 0 aromatic heterocycles. The van der Waals surface area contributed by atoms with Gasteiger partial charge in [0.15, 0.2) is 10.9 Å². The van der Waals surface area contributed by atoms with E-state index in [0.29, 0.717) is 27.0 Å². The van der Waals surface area contributed by atoms with Gasteiger partial charge in [-0.1, -0.05) is 18.2 Å². The number of benzene rings is 3. The summed E-state index contributed by atoms with van der Waals surface area (Å²) in [4.78, 5) is 12.1. The number of methoxy groups -OCH3 is 1. The minimum absolute atomic E-state index is 0.0109. The van der Waals surface area contributed by atoms with Gasteiger partial charge >= 0.3 is 0 Å². The van der Waals surface area contributed by atoms with Crippen molar-refractivity contribution in [3.63, 3.8) is 0 Å². The highest BCUT2D eigenvalue weighted by Crippen LogP contribution is 2.31. The Morgan fingerprint density at radius 1 is 0.969 bits per heavy atom. The topological polar surface area (TPSA) is 79.5 Å². The molecule has 6 nitrogen and oxygen atoms in total. The smallest absolute Gasteiger partial charge is 0.175 e. The maximum absolute atomic E-state index is 12.8. The maximum atomic E-state index is 12.8. The Bertz CT molecular complexity index is 1180. The summed E-state index contributed by atoms with van der Waals surface area (Å²) in [6, 6.07) is 18.2. The van der Waals surface area contributed by atoms with Gasteiger partial charge in [0.1, 0.15) is 16.7 Å². The molecule has 3 rings (SSSR count). The lowest BCUT2D eigenvalue weighted by Gasteiger charge is -2.15. The standard InChI is InChI=1S/C24H25N3O3S2/c1-15-12-16(2)23(22(13-15)30-4)27-32(29)21-10-8-19(9-11-21)25-24(31)26-20-7-5-6-18(14-20)17(3)28/h5-14,27H,1-4H3,(H2,25,26,31). The summed E-state index contributed by atoms with van der Waals surface area (Å²) >= 11 is 5.36. The second-order valence-electron chi connectivity index (χ2n) is 7.27. The van der Waals surface area contributed by atoms with Crippen LogP contribution in [0.15, 0.2) is 65.6 Å². The van der Waals surface area contributed by atoms with E-state index < -0.39 is 11.0 Å². The number of nitrogens with one attached hydrogen (secondary N) is 3. The van der Waals surface area contributed by atoms with Gasteiger partial charge in [-0.3, -0.25) is 9.52 Å². The van der Waals surface area contributed by atoms with Crippen LogP contribution in [0.1, 0.15) is 28.4 Å². The highest BCUT2D eigenvalue weighted by atomic mass is 32.2. The molecule has 32 heavy (non-hydrogen) atoms. The molecule has 0 aliphatic carbocycles. The molecular weight excluding hydrogens is 442 g/mol. The predicted molar refractivity (Wildman–Crippen MR) is 135 cm³/mol. The van der Waals surface area contributed by atoms with Crippen LogP contribution in [0, 0.1) is 13.8 Å². The fraction of sp³-hybridized carbons (Fsp3) is 0.167. The van der Waals surface area contributed by atoms with Crippen LogP contribution in [0.25, 0.3) is 0 Å². The molecule has 0 bridgehead atoms. The van der Waals surface area contributed by atoms with E-state index in [1.165, 1.54) is 6.92 Å². The molecule has 0 aliphatic rings. The lowest BCUT2D eigenvalue weighted by atomic mass is 10.1. The third-order valence-corrected chi connectivity index (χ3v) is 6.01. The largest absolute Gasteiger partial charge is 0.495 e. The molecular formula is C24H25N3O3S2. The first-order valence-electron chi connectivity index (χ1n) is 9.89. The van der Waals surface area contributed by atoms with Gasteiger partial charge in [0, 0.05) is 16.9 Å². The molecule has 1 unspecified atom stereocenters. The zero-order valence-corrected chi connectivity index (χ0v) is 19.9. The molecule has 0 radical (unpaired) electrons. The van der Waals surface area contributed by atoms with Crippen molar-refractivity contribution in [2.45, 2.75) is 25.7 Å². The van der Waals surface area contributed by atoms with Crippen molar-refractivity contribution in [2.75, 3.05) is 22.5 Å². The van der Waals surface area contributed by atoms with E-state index in [4.69, 9.17) is 17.0 Å². The van der Waals surface area contributed by atoms with E-state index in [-0.39, 0.29) is 5.78 Å². The monoisotopic (exact) mass is 467 g/mol. The summed E-state index contributed by atoms with van der Waals surface area (Å²) in [5, 5.41) is 6.53. The average Bonchev–Trinajstić information content (AvgIpc) is 2.75. The lowest BCUT2D eigenvalue weighted by molar-refractivity contribution is 0.101. The quantitative estimate of drug-likeness (QED) is 0.316. The molecule has 0 saturated heterocycles. The summed E-state index contributed by atoms with van der Waals surface area (Å²) in [5.74, 6) is 0.641. The van der Waals surface area contributed by atoms with Crippen LogP contribution in [-0.4, -0.2) is 22.2 Å². The lowest BCUT2D eigenvalue weighted by Crippen LogP contribution is -2.19. The zero-order valence-electron chi connectivity index (χ0n) is 18.3. The molecule has 3 N–H and O–H groups in total. The van der Waals surface area contributed by atoms with Crippen molar-refractivity contribution in [1.82, 2.24) is 0 Å². The average molecular weight is 468 g/mol. The van der Waals surface area contributed by atoms with Crippen molar-refractivity contribution in [3.05, 3.63) is 77.4 Å². The van der Waals surface area contributed by atoms with Crippen molar-refractivity contribution < 1.29 is 13.7 Å². The Kier molecular flexibility index (Phi) is 7.61. The molecule has 3 aromatic carbocycles. The number of carbonyl (C=O) groups is 1. The number of rotatable bonds is 7. The Labute approximate surface area is 196 Å². The third-order valence-electron chi connectivity index (χ3n) is 4.71. The molecule has 0 amide bonds. The van der Waals surface area contributed by atoms with Gasteiger partial charge in [-0.25, -0.2) is 4.21 Å². The molecule has 0 aliphatic heterocycles. The molecule has 0 fully saturated rings. The second-order valence-corrected chi connectivity index (χ2v) is 8.89. The van der Waals surface area contributed by atoms with Gasteiger partial charge in [0.05, 0.1) is 17.7 Å². The van der Waals surface area contributed by atoms with Crippen LogP contribution < -0.4 is 20.1 Å². The number of Topliss-reactive ketones (excluding diaryl/α,β-unsaturated/α-hetero) is 1. The van der Waals surface area contributed by atoms with E-state index >= 15 is 0 Å². The van der Waals surface area contributed by atoms with Gasteiger partial charge in [-0.15, -0.1) is 0 Å². The summed E-state index contributed by atoms with van der Waals surface area (Å²) in [6.45, 7) is 5.45. The van der Waals surface area contributed by atoms with Gasteiger partial charge in [0.25, 0.3) is 0 Å². The normalized spacial score (nSPS) is 11.4. The SMILES string of the molecule is COc1cc(C)cc(C)c1NS(=O)c1ccc(NC(=S)Nc2cccc(C(C)=O)c2)cc1. The predicted octanol–water partition coefficient (Wildman–Crippen LogP) is 5.46. The first-order chi connectivity index (χ1) is 15.3. The first kappa shape index (κ1) is 23.4. The Hall–Kier alpha value is -3.23. The van der Waals surface area contributed by atoms with Gasteiger partial charge < -0.3 is 15.4 Å². The fourth-order valence-electron chi connectivity index (χ4n) is 3.14. The van der Waals surface area contributed by atoms with Crippen LogP contribution in [0.4, 0.5) is 17.1 Å². The number of carbonyl (C=O) groups excluding carboxylic acids is 1. The Morgan fingerprint density at radius 3 is 2.31 bits per heavy atom.